The third-order valence-electron chi connectivity index (χ3n) is 3.57. The van der Waals surface area contributed by atoms with Crippen LogP contribution in [-0.4, -0.2) is 57.6 Å². The first-order valence-corrected chi connectivity index (χ1v) is 8.68. The van der Waals surface area contributed by atoms with E-state index in [1.54, 1.807) is 0 Å². The van der Waals surface area contributed by atoms with Gasteiger partial charge >= 0.3 is 0 Å². The van der Waals surface area contributed by atoms with E-state index in [9.17, 15) is 4.79 Å². The zero-order chi connectivity index (χ0) is 16.2. The SMILES string of the molecule is Cc1nnc(SCC(=O)N2CCOCC2)n1-c1ccc(Cl)cc1. The highest BCUT2D eigenvalue weighted by Gasteiger charge is 2.19. The van der Waals surface area contributed by atoms with Gasteiger partial charge < -0.3 is 9.64 Å². The Morgan fingerprint density at radius 2 is 1.96 bits per heavy atom. The number of benzene rings is 1. The van der Waals surface area contributed by atoms with Gasteiger partial charge in [-0.2, -0.15) is 0 Å². The van der Waals surface area contributed by atoms with Gasteiger partial charge in [0.1, 0.15) is 5.82 Å². The zero-order valence-corrected chi connectivity index (χ0v) is 14.3. The first-order chi connectivity index (χ1) is 11.1. The van der Waals surface area contributed by atoms with Gasteiger partial charge in [-0.05, 0) is 31.2 Å². The van der Waals surface area contributed by atoms with Crippen LogP contribution in [0.4, 0.5) is 0 Å². The van der Waals surface area contributed by atoms with Crippen molar-refractivity contribution in [1.82, 2.24) is 19.7 Å². The minimum absolute atomic E-state index is 0.0987. The summed E-state index contributed by atoms with van der Waals surface area (Å²) in [5, 5.41) is 9.68. The van der Waals surface area contributed by atoms with Gasteiger partial charge in [0, 0.05) is 23.8 Å². The molecule has 1 fully saturated rings. The Hall–Kier alpha value is -1.57. The molecule has 0 aliphatic carbocycles. The second kappa shape index (κ2) is 7.33. The maximum absolute atomic E-state index is 12.2. The van der Waals surface area contributed by atoms with Crippen molar-refractivity contribution < 1.29 is 9.53 Å². The van der Waals surface area contributed by atoms with Gasteiger partial charge in [-0.15, -0.1) is 10.2 Å². The average Bonchev–Trinajstić information content (AvgIpc) is 2.95. The van der Waals surface area contributed by atoms with Crippen molar-refractivity contribution in [3.05, 3.63) is 35.1 Å². The summed E-state index contributed by atoms with van der Waals surface area (Å²) in [6.07, 6.45) is 0. The van der Waals surface area contributed by atoms with Crippen LogP contribution in [0, 0.1) is 6.92 Å². The summed E-state index contributed by atoms with van der Waals surface area (Å²) in [7, 11) is 0. The standard InChI is InChI=1S/C15H17ClN4O2S/c1-11-17-18-15(20(11)13-4-2-12(16)3-5-13)23-10-14(21)19-6-8-22-9-7-19/h2-5H,6-10H2,1H3. The molecule has 0 spiro atoms. The molecule has 0 N–H and O–H groups in total. The molecule has 122 valence electrons. The smallest absolute Gasteiger partial charge is 0.233 e. The van der Waals surface area contributed by atoms with Crippen molar-refractivity contribution in [2.24, 2.45) is 0 Å². The van der Waals surface area contributed by atoms with E-state index >= 15 is 0 Å². The summed E-state index contributed by atoms with van der Waals surface area (Å²) < 4.78 is 7.19. The third-order valence-corrected chi connectivity index (χ3v) is 4.73. The summed E-state index contributed by atoms with van der Waals surface area (Å²) in [5.74, 6) is 1.21. The van der Waals surface area contributed by atoms with Crippen LogP contribution in [0.15, 0.2) is 29.4 Å². The number of morpholine rings is 1. The van der Waals surface area contributed by atoms with Crippen LogP contribution >= 0.6 is 23.4 Å². The number of aryl methyl sites for hydroxylation is 1. The van der Waals surface area contributed by atoms with Crippen molar-refractivity contribution in [3.8, 4) is 5.69 Å². The number of amides is 1. The molecule has 1 aliphatic rings. The molecule has 1 saturated heterocycles. The van der Waals surface area contributed by atoms with Crippen molar-refractivity contribution in [1.29, 1.82) is 0 Å². The fraction of sp³-hybridized carbons (Fsp3) is 0.400. The molecule has 6 nitrogen and oxygen atoms in total. The number of carbonyl (C=O) groups excluding carboxylic acids is 1. The number of hydrogen-bond donors (Lipinski definition) is 0. The molecule has 1 aromatic carbocycles. The number of ether oxygens (including phenoxy) is 1. The predicted octanol–water partition coefficient (Wildman–Crippen LogP) is 2.18. The Morgan fingerprint density at radius 3 is 2.65 bits per heavy atom. The predicted molar refractivity (Wildman–Crippen MR) is 89.2 cm³/mol. The highest BCUT2D eigenvalue weighted by Crippen LogP contribution is 2.23. The lowest BCUT2D eigenvalue weighted by atomic mass is 10.3. The number of carbonyl (C=O) groups is 1. The van der Waals surface area contributed by atoms with Crippen molar-refractivity contribution in [2.75, 3.05) is 32.1 Å². The van der Waals surface area contributed by atoms with Crippen LogP contribution in [-0.2, 0) is 9.53 Å². The summed E-state index contributed by atoms with van der Waals surface area (Å²) in [5.41, 5.74) is 0.929. The summed E-state index contributed by atoms with van der Waals surface area (Å²) in [4.78, 5) is 14.1. The number of thioether (sulfide) groups is 1. The monoisotopic (exact) mass is 352 g/mol. The van der Waals surface area contributed by atoms with E-state index in [0.29, 0.717) is 42.2 Å². The van der Waals surface area contributed by atoms with Gasteiger partial charge in [0.2, 0.25) is 5.91 Å². The Labute approximate surface area is 143 Å². The lowest BCUT2D eigenvalue weighted by Crippen LogP contribution is -2.41. The zero-order valence-electron chi connectivity index (χ0n) is 12.7. The maximum Gasteiger partial charge on any atom is 0.233 e. The molecule has 0 unspecified atom stereocenters. The Morgan fingerprint density at radius 1 is 1.26 bits per heavy atom. The molecule has 0 radical (unpaired) electrons. The molecule has 1 amide bonds. The molecule has 23 heavy (non-hydrogen) atoms. The molecular weight excluding hydrogens is 336 g/mol. The van der Waals surface area contributed by atoms with E-state index in [2.05, 4.69) is 10.2 Å². The van der Waals surface area contributed by atoms with Crippen molar-refractivity contribution in [3.63, 3.8) is 0 Å². The van der Waals surface area contributed by atoms with E-state index < -0.39 is 0 Å². The van der Waals surface area contributed by atoms with Crippen LogP contribution in [0.2, 0.25) is 5.02 Å². The van der Waals surface area contributed by atoms with Gasteiger partial charge in [-0.3, -0.25) is 9.36 Å². The van der Waals surface area contributed by atoms with Crippen molar-refractivity contribution >= 4 is 29.3 Å². The van der Waals surface area contributed by atoms with Gasteiger partial charge in [-0.1, -0.05) is 23.4 Å². The number of hydrogen-bond acceptors (Lipinski definition) is 5. The number of rotatable bonds is 4. The maximum atomic E-state index is 12.2. The lowest BCUT2D eigenvalue weighted by molar-refractivity contribution is -0.132. The minimum Gasteiger partial charge on any atom is -0.378 e. The molecule has 1 aromatic heterocycles. The first kappa shape index (κ1) is 16.3. The van der Waals surface area contributed by atoms with Crippen molar-refractivity contribution in [2.45, 2.75) is 12.1 Å². The number of aromatic nitrogens is 3. The van der Waals surface area contributed by atoms with E-state index in [1.807, 2.05) is 40.7 Å². The molecule has 2 heterocycles. The third kappa shape index (κ3) is 3.85. The van der Waals surface area contributed by atoms with E-state index in [4.69, 9.17) is 16.3 Å². The van der Waals surface area contributed by atoms with E-state index in [1.165, 1.54) is 11.8 Å². The summed E-state index contributed by atoms with van der Waals surface area (Å²) in [6.45, 7) is 4.41. The van der Waals surface area contributed by atoms with Crippen LogP contribution in [0.5, 0.6) is 0 Å². The molecular formula is C15H17ClN4O2S. The first-order valence-electron chi connectivity index (χ1n) is 7.31. The Kier molecular flexibility index (Phi) is 5.20. The molecule has 0 saturated carbocycles. The fourth-order valence-electron chi connectivity index (χ4n) is 2.35. The van der Waals surface area contributed by atoms with E-state index in [0.717, 1.165) is 11.5 Å². The quantitative estimate of drug-likeness (QED) is 0.789. The van der Waals surface area contributed by atoms with Crippen LogP contribution < -0.4 is 0 Å². The Bertz CT molecular complexity index is 683. The minimum atomic E-state index is 0.0987. The summed E-state index contributed by atoms with van der Waals surface area (Å²) in [6, 6.07) is 7.46. The molecule has 8 heteroatoms. The van der Waals surface area contributed by atoms with E-state index in [-0.39, 0.29) is 5.91 Å². The molecule has 2 aromatic rings. The number of halogens is 1. The molecule has 3 rings (SSSR count). The van der Waals surface area contributed by atoms with Gasteiger partial charge in [-0.25, -0.2) is 0 Å². The fourth-order valence-corrected chi connectivity index (χ4v) is 3.38. The molecule has 1 aliphatic heterocycles. The van der Waals surface area contributed by atoms with Crippen LogP contribution in [0.1, 0.15) is 5.82 Å². The highest BCUT2D eigenvalue weighted by molar-refractivity contribution is 7.99. The number of nitrogens with zero attached hydrogens (tertiary/aromatic N) is 4. The normalized spacial score (nSPS) is 15.0. The topological polar surface area (TPSA) is 60.3 Å². The summed E-state index contributed by atoms with van der Waals surface area (Å²) >= 11 is 7.33. The van der Waals surface area contributed by atoms with Crippen LogP contribution in [0.3, 0.4) is 0 Å². The van der Waals surface area contributed by atoms with Gasteiger partial charge in [0.15, 0.2) is 5.16 Å². The molecule has 0 atom stereocenters. The Balaban J connectivity index is 1.71. The van der Waals surface area contributed by atoms with Gasteiger partial charge in [0.25, 0.3) is 0 Å². The average molecular weight is 353 g/mol. The highest BCUT2D eigenvalue weighted by atomic mass is 35.5. The second-order valence-corrected chi connectivity index (χ2v) is 6.50. The largest absolute Gasteiger partial charge is 0.378 e. The lowest BCUT2D eigenvalue weighted by Gasteiger charge is -2.26. The molecule has 0 bridgehead atoms. The second-order valence-electron chi connectivity index (χ2n) is 5.12. The van der Waals surface area contributed by atoms with Gasteiger partial charge in [0.05, 0.1) is 19.0 Å². The van der Waals surface area contributed by atoms with Crippen LogP contribution in [0.25, 0.3) is 5.69 Å².